The summed E-state index contributed by atoms with van der Waals surface area (Å²) in [6.45, 7) is 20.2. The molecular weight excluding hydrogens is 871 g/mol. The molecule has 2 saturated heterocycles. The Kier molecular flexibility index (Phi) is 23.0. The summed E-state index contributed by atoms with van der Waals surface area (Å²) in [4.78, 5) is 72.2. The third-order valence-electron chi connectivity index (χ3n) is 15.0. The summed E-state index contributed by atoms with van der Waals surface area (Å²) >= 11 is 0. The number of carbonyl (C=O) groups excluding carboxylic acids is 5. The summed E-state index contributed by atoms with van der Waals surface area (Å²) < 4.78 is 35.4. The Hall–Kier alpha value is -3.37. The minimum Gasteiger partial charge on any atom is -0.460 e. The smallest absolute Gasteiger partial charge is 0.329 e. The second kappa shape index (κ2) is 27.3. The first kappa shape index (κ1) is 57.2. The molecule has 0 aromatic heterocycles. The maximum Gasteiger partial charge on any atom is 0.329 e. The molecule has 3 aliphatic heterocycles. The van der Waals surface area contributed by atoms with Crippen LogP contribution in [0.3, 0.4) is 0 Å². The van der Waals surface area contributed by atoms with Crippen LogP contribution in [0.4, 0.5) is 0 Å². The molecule has 0 aromatic rings. The molecule has 1 saturated carbocycles. The summed E-state index contributed by atoms with van der Waals surface area (Å²) in [6, 6.07) is -1.18. The van der Waals surface area contributed by atoms with Crippen LogP contribution in [0.2, 0.25) is 0 Å². The fourth-order valence-corrected chi connectivity index (χ4v) is 10.4. The number of carbonyl (C=O) groups is 5. The number of ketones is 3. The predicted octanol–water partition coefficient (Wildman–Crippen LogP) is 7.33. The van der Waals surface area contributed by atoms with Crippen molar-refractivity contribution in [1.29, 1.82) is 0 Å². The van der Waals surface area contributed by atoms with Gasteiger partial charge in [-0.1, -0.05) is 76.6 Å². The molecule has 0 spiro atoms. The fourth-order valence-electron chi connectivity index (χ4n) is 10.4. The number of nitrogens with zero attached hydrogens (tertiary/aromatic N) is 1. The zero-order valence-electron chi connectivity index (χ0n) is 42.3. The average molecular weight is 953 g/mol. The molecule has 1 aliphatic carbocycles. The number of aliphatic hydroxyl groups is 2. The molecule has 1 amide bonds. The van der Waals surface area contributed by atoms with Crippen LogP contribution in [0.1, 0.15) is 126 Å². The van der Waals surface area contributed by atoms with Crippen LogP contribution in [0.5, 0.6) is 0 Å². The van der Waals surface area contributed by atoms with Gasteiger partial charge in [0.25, 0.3) is 11.7 Å². The number of ether oxygens (including phenoxy) is 6. The number of fused-ring (bicyclic) bond motifs is 3. The first-order valence-electron chi connectivity index (χ1n) is 25.0. The summed E-state index contributed by atoms with van der Waals surface area (Å²) in [5, 5.41) is 21.3. The number of hydrogen-bond donors (Lipinski definition) is 2. The van der Waals surface area contributed by atoms with Crippen molar-refractivity contribution >= 4 is 29.2 Å². The molecule has 14 heteroatoms. The number of rotatable bonds is 9. The Bertz CT molecular complexity index is 1810. The zero-order valence-corrected chi connectivity index (χ0v) is 42.3. The van der Waals surface area contributed by atoms with Gasteiger partial charge in [0, 0.05) is 63.2 Å². The van der Waals surface area contributed by atoms with Gasteiger partial charge in [0.1, 0.15) is 24.0 Å². The van der Waals surface area contributed by atoms with Crippen LogP contribution in [-0.2, 0) is 52.4 Å². The lowest BCUT2D eigenvalue weighted by atomic mass is 9.78. The molecule has 68 heavy (non-hydrogen) atoms. The van der Waals surface area contributed by atoms with Gasteiger partial charge in [0.2, 0.25) is 5.79 Å². The number of esters is 1. The van der Waals surface area contributed by atoms with Gasteiger partial charge in [-0.25, -0.2) is 4.79 Å². The molecule has 4 rings (SSSR count). The lowest BCUT2D eigenvalue weighted by Gasteiger charge is -2.42. The lowest BCUT2D eigenvalue weighted by molar-refractivity contribution is -0.265. The van der Waals surface area contributed by atoms with Crippen LogP contribution in [0, 0.1) is 55.5 Å². The van der Waals surface area contributed by atoms with E-state index in [1.54, 1.807) is 21.0 Å². The van der Waals surface area contributed by atoms with Gasteiger partial charge in [-0.2, -0.15) is 0 Å². The molecule has 3 radical (unpaired) electrons. The SMILES string of the molecule is [CH][C@H](C[C@@H]1CC[C@@H](OCCO)[C@H](OC)C1)C1CC(=O)[C@H](C)/C=C(\C)[C@@H](C)[C@@H](OC)C(=O)[C@H](C)C[C@H](C)/C=C/C=C/C=C(\C)[C@@H](O[CH2])C[C@@H]2CC[C@@H](C)[C@@](O)(O2)C(=O)C(=O)N2CCCC[C@H]2C(=O)O1. The Morgan fingerprint density at radius 1 is 0.897 bits per heavy atom. The van der Waals surface area contributed by atoms with E-state index in [1.165, 1.54) is 12.0 Å². The molecule has 15 atom stereocenters. The number of hydrogen-bond acceptors (Lipinski definition) is 13. The van der Waals surface area contributed by atoms with Gasteiger partial charge in [0.05, 0.1) is 44.7 Å². The Labute approximate surface area is 406 Å². The van der Waals surface area contributed by atoms with Crippen molar-refractivity contribution in [1.82, 2.24) is 4.90 Å². The van der Waals surface area contributed by atoms with Crippen molar-refractivity contribution in [2.45, 2.75) is 174 Å². The van der Waals surface area contributed by atoms with Crippen molar-refractivity contribution in [3.63, 3.8) is 0 Å². The highest BCUT2D eigenvalue weighted by molar-refractivity contribution is 6.39. The van der Waals surface area contributed by atoms with E-state index in [9.17, 15) is 34.2 Å². The van der Waals surface area contributed by atoms with Crippen molar-refractivity contribution in [2.75, 3.05) is 34.0 Å². The molecule has 3 heterocycles. The van der Waals surface area contributed by atoms with E-state index in [-0.39, 0.29) is 86.5 Å². The molecule has 0 aromatic carbocycles. The summed E-state index contributed by atoms with van der Waals surface area (Å²) in [5.41, 5.74) is 1.63. The van der Waals surface area contributed by atoms with Crippen LogP contribution in [0.25, 0.3) is 0 Å². The first-order chi connectivity index (χ1) is 32.3. The van der Waals surface area contributed by atoms with Gasteiger partial charge < -0.3 is 43.5 Å². The number of methoxy groups -OCH3 is 2. The highest BCUT2D eigenvalue weighted by Crippen LogP contribution is 2.38. The standard InChI is InChI=1S/C54H82NO13/c1-33-17-13-12-14-18-34(2)46(63-9)31-42-22-20-39(7)54(62,68-42)51(59)52(60)55-24-16-15-19-43(55)53(61)67-47(37(5)29-41-21-23-45(66-26-25-56)48(30-41)64-10)32-44(57)36(4)28-35(3)40(8)50(65-11)49(58)38(6)27-33/h5,12-14,17-18,28,33,36-43,45-48,50,56,62H,9,15-16,19-27,29-32H2,1-4,6-8,10-11H3/b14-12+,17-13+,34-18+,35-28+/t33-,36-,37-,38-,39-,40-,41+,42+,43+,45-,46+,47?,48-,50-,54-/m1/s1. The maximum absolute atomic E-state index is 14.4. The van der Waals surface area contributed by atoms with E-state index >= 15 is 0 Å². The molecule has 14 nitrogen and oxygen atoms in total. The van der Waals surface area contributed by atoms with E-state index in [2.05, 4.69) is 14.0 Å². The van der Waals surface area contributed by atoms with Gasteiger partial charge in [-0.15, -0.1) is 0 Å². The van der Waals surface area contributed by atoms with Crippen LogP contribution < -0.4 is 0 Å². The first-order valence-corrected chi connectivity index (χ1v) is 25.0. The minimum atomic E-state index is -2.46. The second-order valence-electron chi connectivity index (χ2n) is 20.1. The van der Waals surface area contributed by atoms with E-state index in [4.69, 9.17) is 35.3 Å². The number of cyclic esters (lactones) is 1. The number of allylic oxidation sites excluding steroid dienone is 6. The number of aliphatic hydroxyl groups excluding tert-OH is 1. The zero-order chi connectivity index (χ0) is 50.3. The van der Waals surface area contributed by atoms with Crippen molar-refractivity contribution < 1.29 is 62.6 Å². The molecule has 2 bridgehead atoms. The number of Topliss-reactive ketones (excluding diaryl/α,β-unsaturated/α-hetero) is 3. The average Bonchev–Trinajstić information content (AvgIpc) is 3.32. The largest absolute Gasteiger partial charge is 0.460 e. The van der Waals surface area contributed by atoms with Gasteiger partial charge in [-0.05, 0) is 102 Å². The second-order valence-corrected chi connectivity index (χ2v) is 20.1. The van der Waals surface area contributed by atoms with Gasteiger partial charge in [-0.3, -0.25) is 19.2 Å². The van der Waals surface area contributed by atoms with Crippen LogP contribution in [-0.4, -0.2) is 127 Å². The Balaban J connectivity index is 1.70. The molecule has 2 N–H and O–H groups in total. The van der Waals surface area contributed by atoms with E-state index in [0.29, 0.717) is 51.4 Å². The van der Waals surface area contributed by atoms with Crippen molar-refractivity contribution in [2.24, 2.45) is 41.4 Å². The highest BCUT2D eigenvalue weighted by atomic mass is 16.6. The maximum atomic E-state index is 14.4. The Morgan fingerprint density at radius 2 is 1.63 bits per heavy atom. The molecule has 4 aliphatic rings. The number of amides is 1. The third kappa shape index (κ3) is 15.3. The quantitative estimate of drug-likeness (QED) is 0.133. The summed E-state index contributed by atoms with van der Waals surface area (Å²) in [5.74, 6) is -8.43. The van der Waals surface area contributed by atoms with Crippen LogP contribution >= 0.6 is 0 Å². The fraction of sp³-hybridized carbons (Fsp3) is 0.722. The van der Waals surface area contributed by atoms with Crippen LogP contribution in [0.15, 0.2) is 47.6 Å². The van der Waals surface area contributed by atoms with Crippen molar-refractivity contribution in [3.05, 3.63) is 61.6 Å². The van der Waals surface area contributed by atoms with Crippen molar-refractivity contribution in [3.8, 4) is 0 Å². The lowest BCUT2D eigenvalue weighted by Crippen LogP contribution is -2.61. The highest BCUT2D eigenvalue weighted by Gasteiger charge is 2.53. The Morgan fingerprint density at radius 3 is 2.31 bits per heavy atom. The summed E-state index contributed by atoms with van der Waals surface area (Å²) in [6.07, 6.45) is 13.2. The minimum absolute atomic E-state index is 0.0290. The van der Waals surface area contributed by atoms with Gasteiger partial charge >= 0.3 is 5.97 Å². The molecule has 381 valence electrons. The predicted molar refractivity (Wildman–Crippen MR) is 257 cm³/mol. The van der Waals surface area contributed by atoms with E-state index < -0.39 is 71.7 Å². The van der Waals surface area contributed by atoms with E-state index in [1.807, 2.05) is 64.2 Å². The van der Waals surface area contributed by atoms with E-state index in [0.717, 1.165) is 17.6 Å². The topological polar surface area (TPSA) is 184 Å². The molecule has 3 fully saturated rings. The van der Waals surface area contributed by atoms with Gasteiger partial charge in [0.15, 0.2) is 5.78 Å². The number of piperidine rings is 1. The normalized spacial score (nSPS) is 39.2. The molecule has 1 unspecified atom stereocenters. The summed E-state index contributed by atoms with van der Waals surface area (Å²) in [7, 11) is 6.81. The third-order valence-corrected chi connectivity index (χ3v) is 15.0. The monoisotopic (exact) mass is 953 g/mol. The molecular formula is C54H82NO13.